The van der Waals surface area contributed by atoms with E-state index in [0.717, 1.165) is 23.7 Å². The molecule has 0 aliphatic heterocycles. The van der Waals surface area contributed by atoms with Crippen LogP contribution in [0.2, 0.25) is 10.2 Å². The molecule has 4 rings (SSSR count). The van der Waals surface area contributed by atoms with Gasteiger partial charge in [-0.25, -0.2) is 4.98 Å². The fraction of sp³-hybridized carbons (Fsp3) is 0.214. The molecule has 1 aliphatic carbocycles. The number of hydrogen-bond donors (Lipinski definition) is 0. The van der Waals surface area contributed by atoms with Gasteiger partial charge in [-0.1, -0.05) is 35.3 Å². The van der Waals surface area contributed by atoms with Crippen molar-refractivity contribution in [1.29, 1.82) is 0 Å². The maximum atomic E-state index is 6.06. The Morgan fingerprint density at radius 3 is 2.50 bits per heavy atom. The van der Waals surface area contributed by atoms with Gasteiger partial charge in [0.1, 0.15) is 5.82 Å². The normalized spacial score (nSPS) is 16.5. The maximum Gasteiger partial charge on any atom is 0.198 e. The summed E-state index contributed by atoms with van der Waals surface area (Å²) in [6, 6.07) is 7.93. The lowest BCUT2D eigenvalue weighted by Gasteiger charge is -2.14. The number of benzene rings is 1. The first-order valence-electron chi connectivity index (χ1n) is 6.32. The van der Waals surface area contributed by atoms with Crippen molar-refractivity contribution in [2.24, 2.45) is 0 Å². The molecule has 1 aromatic carbocycles. The van der Waals surface area contributed by atoms with E-state index < -0.39 is 0 Å². The van der Waals surface area contributed by atoms with E-state index in [1.54, 1.807) is 6.20 Å². The molecule has 0 bridgehead atoms. The Labute approximate surface area is 125 Å². The zero-order valence-electron chi connectivity index (χ0n) is 10.4. The highest BCUT2D eigenvalue weighted by molar-refractivity contribution is 6.32. The van der Waals surface area contributed by atoms with Crippen molar-refractivity contribution in [3.63, 3.8) is 0 Å². The maximum absolute atomic E-state index is 6.06. The lowest BCUT2D eigenvalue weighted by Crippen LogP contribution is -2.13. The highest BCUT2D eigenvalue weighted by atomic mass is 35.5. The molecule has 1 aliphatic rings. The molecular weight excluding hydrogens is 295 g/mol. The van der Waals surface area contributed by atoms with E-state index in [0.29, 0.717) is 10.8 Å². The minimum atomic E-state index is -0.0747. The van der Waals surface area contributed by atoms with Crippen LogP contribution in [0, 0.1) is 0 Å². The summed E-state index contributed by atoms with van der Waals surface area (Å²) in [4.78, 5) is 4.03. The molecule has 2 heterocycles. The van der Waals surface area contributed by atoms with Gasteiger partial charge in [-0.05, 0) is 30.5 Å². The third-order valence-electron chi connectivity index (χ3n) is 3.86. The minimum absolute atomic E-state index is 0.0747. The van der Waals surface area contributed by atoms with Crippen molar-refractivity contribution in [1.82, 2.24) is 19.6 Å². The first-order valence-corrected chi connectivity index (χ1v) is 7.08. The second kappa shape index (κ2) is 4.17. The molecule has 1 saturated carbocycles. The lowest BCUT2D eigenvalue weighted by molar-refractivity contribution is 0.739. The van der Waals surface area contributed by atoms with Crippen LogP contribution in [0.15, 0.2) is 36.7 Å². The summed E-state index contributed by atoms with van der Waals surface area (Å²) in [7, 11) is 0. The highest BCUT2D eigenvalue weighted by Crippen LogP contribution is 2.52. The minimum Gasteiger partial charge on any atom is -0.282 e. The molecule has 0 saturated heterocycles. The molecule has 4 nitrogen and oxygen atoms in total. The van der Waals surface area contributed by atoms with E-state index in [1.807, 2.05) is 22.7 Å². The first-order chi connectivity index (χ1) is 9.71. The van der Waals surface area contributed by atoms with Crippen LogP contribution >= 0.6 is 23.2 Å². The summed E-state index contributed by atoms with van der Waals surface area (Å²) in [5.74, 6) is 0.916. The third-order valence-corrected chi connectivity index (χ3v) is 4.38. The van der Waals surface area contributed by atoms with Crippen LogP contribution < -0.4 is 0 Å². The Balaban J connectivity index is 1.90. The van der Waals surface area contributed by atoms with Crippen LogP contribution in [-0.2, 0) is 5.41 Å². The zero-order chi connectivity index (χ0) is 13.7. The zero-order valence-corrected chi connectivity index (χ0v) is 11.9. The van der Waals surface area contributed by atoms with E-state index in [9.17, 15) is 0 Å². The fourth-order valence-corrected chi connectivity index (χ4v) is 2.97. The van der Waals surface area contributed by atoms with Crippen LogP contribution in [-0.4, -0.2) is 19.6 Å². The summed E-state index contributed by atoms with van der Waals surface area (Å²) in [6.07, 6.45) is 5.62. The molecule has 0 radical (unpaired) electrons. The van der Waals surface area contributed by atoms with Crippen LogP contribution in [0.25, 0.3) is 5.65 Å². The monoisotopic (exact) mass is 304 g/mol. The van der Waals surface area contributed by atoms with Crippen molar-refractivity contribution in [2.45, 2.75) is 18.3 Å². The molecular formula is C14H10Cl2N4. The van der Waals surface area contributed by atoms with Crippen molar-refractivity contribution in [3.8, 4) is 0 Å². The molecule has 0 unspecified atom stereocenters. The summed E-state index contributed by atoms with van der Waals surface area (Å²) in [5, 5.41) is 9.62. The van der Waals surface area contributed by atoms with Crippen molar-refractivity contribution in [2.75, 3.05) is 0 Å². The van der Waals surface area contributed by atoms with Gasteiger partial charge in [0.25, 0.3) is 0 Å². The standard InChI is InChI=1S/C14H10Cl2N4/c15-10-3-1-9(2-4-10)14(5-6-14)13-19-18-12-11(16)17-7-8-20(12)13/h1-4,7-8H,5-6H2. The van der Waals surface area contributed by atoms with E-state index >= 15 is 0 Å². The first kappa shape index (κ1) is 12.1. The predicted octanol–water partition coefficient (Wildman–Crippen LogP) is 3.51. The van der Waals surface area contributed by atoms with Gasteiger partial charge in [0.2, 0.25) is 0 Å². The second-order valence-electron chi connectivity index (χ2n) is 5.02. The van der Waals surface area contributed by atoms with Crippen LogP contribution in [0.4, 0.5) is 0 Å². The smallest absolute Gasteiger partial charge is 0.198 e. The Morgan fingerprint density at radius 1 is 1.05 bits per heavy atom. The number of aromatic nitrogens is 4. The fourth-order valence-electron chi connectivity index (χ4n) is 2.66. The van der Waals surface area contributed by atoms with Crippen molar-refractivity contribution >= 4 is 28.8 Å². The quantitative estimate of drug-likeness (QED) is 0.727. The van der Waals surface area contributed by atoms with Gasteiger partial charge in [-0.2, -0.15) is 0 Å². The van der Waals surface area contributed by atoms with E-state index in [-0.39, 0.29) is 5.41 Å². The molecule has 0 amide bonds. The summed E-state index contributed by atoms with van der Waals surface area (Å²) in [5.41, 5.74) is 1.74. The molecule has 0 N–H and O–H groups in total. The lowest BCUT2D eigenvalue weighted by atomic mass is 9.95. The Hall–Kier alpha value is -1.65. The van der Waals surface area contributed by atoms with Crippen molar-refractivity contribution in [3.05, 3.63) is 58.2 Å². The van der Waals surface area contributed by atoms with E-state index in [1.165, 1.54) is 5.56 Å². The molecule has 1 fully saturated rings. The van der Waals surface area contributed by atoms with Gasteiger partial charge in [0, 0.05) is 17.4 Å². The van der Waals surface area contributed by atoms with Crippen LogP contribution in [0.1, 0.15) is 24.2 Å². The summed E-state index contributed by atoms with van der Waals surface area (Å²) in [6.45, 7) is 0. The largest absolute Gasteiger partial charge is 0.282 e. The van der Waals surface area contributed by atoms with Gasteiger partial charge in [-0.15, -0.1) is 10.2 Å². The van der Waals surface area contributed by atoms with Gasteiger partial charge in [0.15, 0.2) is 10.8 Å². The molecule has 0 atom stereocenters. The van der Waals surface area contributed by atoms with Gasteiger partial charge in [0.05, 0.1) is 5.41 Å². The Kier molecular flexibility index (Phi) is 2.53. The molecule has 100 valence electrons. The Bertz CT molecular complexity index is 791. The third kappa shape index (κ3) is 1.65. The molecule has 0 spiro atoms. The molecule has 2 aromatic heterocycles. The van der Waals surface area contributed by atoms with Crippen molar-refractivity contribution < 1.29 is 0 Å². The highest BCUT2D eigenvalue weighted by Gasteiger charge is 2.49. The van der Waals surface area contributed by atoms with Gasteiger partial charge >= 0.3 is 0 Å². The SMILES string of the molecule is Clc1ccc(C2(c3nnc4c(Cl)nccn34)CC2)cc1. The van der Waals surface area contributed by atoms with Crippen LogP contribution in [0.3, 0.4) is 0 Å². The van der Waals surface area contributed by atoms with Crippen LogP contribution in [0.5, 0.6) is 0 Å². The number of halogens is 2. The van der Waals surface area contributed by atoms with E-state index in [4.69, 9.17) is 23.2 Å². The summed E-state index contributed by atoms with van der Waals surface area (Å²) < 4.78 is 1.93. The number of nitrogens with zero attached hydrogens (tertiary/aromatic N) is 4. The second-order valence-corrected chi connectivity index (χ2v) is 5.82. The molecule has 6 heteroatoms. The van der Waals surface area contributed by atoms with Gasteiger partial charge < -0.3 is 0 Å². The average Bonchev–Trinajstić information content (AvgIpc) is 3.13. The number of fused-ring (bicyclic) bond motifs is 1. The predicted molar refractivity (Wildman–Crippen MR) is 77.3 cm³/mol. The topological polar surface area (TPSA) is 43.1 Å². The van der Waals surface area contributed by atoms with E-state index in [2.05, 4.69) is 27.3 Å². The number of rotatable bonds is 2. The average molecular weight is 305 g/mol. The molecule has 20 heavy (non-hydrogen) atoms. The van der Waals surface area contributed by atoms with Gasteiger partial charge in [-0.3, -0.25) is 4.40 Å². The Morgan fingerprint density at radius 2 is 1.80 bits per heavy atom. The molecule has 3 aromatic rings. The summed E-state index contributed by atoms with van der Waals surface area (Å²) >= 11 is 12.0. The number of hydrogen-bond acceptors (Lipinski definition) is 3.